The molecule has 8 heteroatoms. The number of unbranched alkanes of at least 4 members (excludes halogenated alkanes) is 1. The highest BCUT2D eigenvalue weighted by atomic mass is 19.2. The molecule has 0 saturated heterocycles. The van der Waals surface area contributed by atoms with Gasteiger partial charge < -0.3 is 9.47 Å². The van der Waals surface area contributed by atoms with Gasteiger partial charge in [0.15, 0.2) is 23.2 Å². The Kier molecular flexibility index (Phi) is 8.49. The largest absolute Gasteiger partial charge is 0.490 e. The SMILES string of the molecule is CCCCOc1ccc(-c2ccc(C(=O)OC3CC=C(c4ccc(C)c(F)c4F)CC3)c(F)c2)c(F)c1F. The number of benzene rings is 3. The first-order valence-electron chi connectivity index (χ1n) is 12.5. The van der Waals surface area contributed by atoms with E-state index < -0.39 is 41.2 Å². The average molecular weight is 531 g/mol. The molecule has 0 amide bonds. The summed E-state index contributed by atoms with van der Waals surface area (Å²) >= 11 is 0. The molecule has 200 valence electrons. The van der Waals surface area contributed by atoms with Crippen molar-refractivity contribution in [3.8, 4) is 16.9 Å². The van der Waals surface area contributed by atoms with Crippen molar-refractivity contribution >= 4 is 11.5 Å². The van der Waals surface area contributed by atoms with Crippen molar-refractivity contribution in [3.63, 3.8) is 0 Å². The van der Waals surface area contributed by atoms with Crippen molar-refractivity contribution in [3.05, 3.63) is 94.3 Å². The van der Waals surface area contributed by atoms with Crippen LogP contribution in [0.15, 0.2) is 48.5 Å². The molecule has 4 rings (SSSR count). The Bertz CT molecular complexity index is 1380. The van der Waals surface area contributed by atoms with E-state index in [1.807, 2.05) is 6.92 Å². The maximum Gasteiger partial charge on any atom is 0.341 e. The van der Waals surface area contributed by atoms with Gasteiger partial charge in [-0.05, 0) is 67.2 Å². The van der Waals surface area contributed by atoms with Gasteiger partial charge in [0, 0.05) is 17.5 Å². The zero-order valence-corrected chi connectivity index (χ0v) is 21.1. The number of aryl methyl sites for hydroxylation is 1. The minimum atomic E-state index is -1.18. The standard InChI is InChI=1S/C30H27F5O3/c1-3-4-15-37-25-14-13-22(28(34)29(25)35)19-8-12-23(24(31)16-19)30(36)38-20-9-6-18(7-10-20)21-11-5-17(2)26(32)27(21)33/h5-6,8,11-14,16,20H,3-4,7,9-10,15H2,1-2H3. The smallest absolute Gasteiger partial charge is 0.341 e. The lowest BCUT2D eigenvalue weighted by Gasteiger charge is -2.23. The number of rotatable bonds is 8. The third-order valence-electron chi connectivity index (χ3n) is 6.56. The van der Waals surface area contributed by atoms with E-state index in [9.17, 15) is 26.7 Å². The van der Waals surface area contributed by atoms with E-state index in [4.69, 9.17) is 9.47 Å². The van der Waals surface area contributed by atoms with Crippen LogP contribution in [0.2, 0.25) is 0 Å². The van der Waals surface area contributed by atoms with Crippen molar-refractivity contribution < 1.29 is 36.2 Å². The molecule has 1 aliphatic carbocycles. The van der Waals surface area contributed by atoms with E-state index in [0.29, 0.717) is 24.8 Å². The van der Waals surface area contributed by atoms with Crippen molar-refractivity contribution in [2.75, 3.05) is 6.61 Å². The van der Waals surface area contributed by atoms with Crippen molar-refractivity contribution in [1.29, 1.82) is 0 Å². The van der Waals surface area contributed by atoms with E-state index >= 15 is 0 Å². The van der Waals surface area contributed by atoms with Crippen LogP contribution in [0.4, 0.5) is 22.0 Å². The molecule has 0 aromatic heterocycles. The van der Waals surface area contributed by atoms with Crippen LogP contribution in [0.5, 0.6) is 5.75 Å². The summed E-state index contributed by atoms with van der Waals surface area (Å²) in [6.45, 7) is 3.67. The van der Waals surface area contributed by atoms with Crippen molar-refractivity contribution in [2.24, 2.45) is 0 Å². The Morgan fingerprint density at radius 2 is 1.66 bits per heavy atom. The molecule has 3 nitrogen and oxygen atoms in total. The number of carbonyl (C=O) groups excluding carboxylic acids is 1. The lowest BCUT2D eigenvalue weighted by atomic mass is 9.91. The molecule has 0 bridgehead atoms. The molecule has 1 atom stereocenters. The lowest BCUT2D eigenvalue weighted by Crippen LogP contribution is -2.21. The van der Waals surface area contributed by atoms with Gasteiger partial charge in [0.05, 0.1) is 12.2 Å². The summed E-state index contributed by atoms with van der Waals surface area (Å²) < 4.78 is 82.8. The third-order valence-corrected chi connectivity index (χ3v) is 6.56. The van der Waals surface area contributed by atoms with Gasteiger partial charge in [0.1, 0.15) is 11.9 Å². The first-order valence-corrected chi connectivity index (χ1v) is 12.5. The van der Waals surface area contributed by atoms with Gasteiger partial charge in [-0.3, -0.25) is 0 Å². The normalized spacial score (nSPS) is 15.2. The Hall–Kier alpha value is -3.68. The maximum atomic E-state index is 14.8. The van der Waals surface area contributed by atoms with E-state index in [1.54, 1.807) is 6.08 Å². The van der Waals surface area contributed by atoms with Crippen molar-refractivity contribution in [2.45, 2.75) is 52.1 Å². The van der Waals surface area contributed by atoms with Gasteiger partial charge >= 0.3 is 5.97 Å². The molecule has 0 radical (unpaired) electrons. The van der Waals surface area contributed by atoms with Gasteiger partial charge in [-0.2, -0.15) is 4.39 Å². The second-order valence-corrected chi connectivity index (χ2v) is 9.22. The summed E-state index contributed by atoms with van der Waals surface area (Å²) in [4.78, 5) is 12.6. The molecule has 0 aliphatic heterocycles. The molecule has 38 heavy (non-hydrogen) atoms. The van der Waals surface area contributed by atoms with Crippen molar-refractivity contribution in [1.82, 2.24) is 0 Å². The molecule has 3 aromatic rings. The van der Waals surface area contributed by atoms with Crippen LogP contribution in [0.3, 0.4) is 0 Å². The number of hydrogen-bond acceptors (Lipinski definition) is 3. The molecule has 1 aliphatic rings. The molecule has 0 saturated carbocycles. The summed E-state index contributed by atoms with van der Waals surface area (Å²) in [6, 6.07) is 9.01. The topological polar surface area (TPSA) is 35.5 Å². The molecule has 0 spiro atoms. The number of hydrogen-bond donors (Lipinski definition) is 0. The number of allylic oxidation sites excluding steroid dienone is 1. The van der Waals surface area contributed by atoms with E-state index in [0.717, 1.165) is 18.6 Å². The van der Waals surface area contributed by atoms with Gasteiger partial charge in [-0.1, -0.05) is 37.6 Å². The predicted octanol–water partition coefficient (Wildman–Crippen LogP) is 8.33. The van der Waals surface area contributed by atoms with Crippen LogP contribution in [0.25, 0.3) is 16.7 Å². The highest BCUT2D eigenvalue weighted by molar-refractivity contribution is 5.90. The number of halogens is 5. The first kappa shape index (κ1) is 27.4. The van der Waals surface area contributed by atoms with Crippen LogP contribution < -0.4 is 4.74 Å². The minimum absolute atomic E-state index is 0.0492. The average Bonchev–Trinajstić information content (AvgIpc) is 2.90. The zero-order valence-electron chi connectivity index (χ0n) is 21.1. The highest BCUT2D eigenvalue weighted by Crippen LogP contribution is 2.33. The number of esters is 1. The fraction of sp³-hybridized carbons (Fsp3) is 0.300. The van der Waals surface area contributed by atoms with Crippen LogP contribution >= 0.6 is 0 Å². The quantitative estimate of drug-likeness (QED) is 0.167. The Morgan fingerprint density at radius 1 is 0.921 bits per heavy atom. The molecule has 0 heterocycles. The summed E-state index contributed by atoms with van der Waals surface area (Å²) in [5, 5.41) is 0. The third kappa shape index (κ3) is 5.74. The zero-order chi connectivity index (χ0) is 27.4. The van der Waals surface area contributed by atoms with Crippen LogP contribution in [-0.2, 0) is 4.74 Å². The maximum absolute atomic E-state index is 14.8. The minimum Gasteiger partial charge on any atom is -0.490 e. The molecular weight excluding hydrogens is 503 g/mol. The predicted molar refractivity (Wildman–Crippen MR) is 134 cm³/mol. The fourth-order valence-corrected chi connectivity index (χ4v) is 4.31. The summed E-state index contributed by atoms with van der Waals surface area (Å²) in [5.41, 5.74) is 0.519. The van der Waals surface area contributed by atoms with Gasteiger partial charge in [-0.15, -0.1) is 0 Å². The Morgan fingerprint density at radius 3 is 2.34 bits per heavy atom. The summed E-state index contributed by atoms with van der Waals surface area (Å²) in [7, 11) is 0. The van der Waals surface area contributed by atoms with Gasteiger partial charge in [-0.25, -0.2) is 22.4 Å². The van der Waals surface area contributed by atoms with Crippen LogP contribution in [0.1, 0.15) is 60.5 Å². The molecule has 0 N–H and O–H groups in total. The van der Waals surface area contributed by atoms with E-state index in [-0.39, 0.29) is 46.6 Å². The van der Waals surface area contributed by atoms with E-state index in [2.05, 4.69) is 0 Å². The number of ether oxygens (including phenoxy) is 2. The van der Waals surface area contributed by atoms with E-state index in [1.165, 1.54) is 37.3 Å². The molecular formula is C30H27F5O3. The summed E-state index contributed by atoms with van der Waals surface area (Å²) in [5.74, 6) is -6.22. The van der Waals surface area contributed by atoms with Crippen LogP contribution in [0, 0.1) is 36.0 Å². The molecule has 3 aromatic carbocycles. The summed E-state index contributed by atoms with van der Waals surface area (Å²) in [6.07, 6.45) is 3.59. The first-order chi connectivity index (χ1) is 18.2. The van der Waals surface area contributed by atoms with Gasteiger partial charge in [0.25, 0.3) is 0 Å². The highest BCUT2D eigenvalue weighted by Gasteiger charge is 2.24. The fourth-order valence-electron chi connectivity index (χ4n) is 4.31. The molecule has 0 fully saturated rings. The Labute approximate surface area is 217 Å². The van der Waals surface area contributed by atoms with Crippen LogP contribution in [-0.4, -0.2) is 18.7 Å². The monoisotopic (exact) mass is 530 g/mol. The lowest BCUT2D eigenvalue weighted by molar-refractivity contribution is 0.0280. The Balaban J connectivity index is 1.44. The van der Waals surface area contributed by atoms with Gasteiger partial charge in [0.2, 0.25) is 5.82 Å². The molecule has 1 unspecified atom stereocenters. The number of carbonyl (C=O) groups is 1. The second kappa shape index (κ2) is 11.8. The second-order valence-electron chi connectivity index (χ2n) is 9.22.